The molecule has 0 spiro atoms. The van der Waals surface area contributed by atoms with Crippen molar-refractivity contribution >= 4 is 44.8 Å². The smallest absolute Gasteiger partial charge is 0.338 e. The Kier molecular flexibility index (Phi) is 5.11. The summed E-state index contributed by atoms with van der Waals surface area (Å²) in [6, 6.07) is 20.2. The Labute approximate surface area is 149 Å². The van der Waals surface area contributed by atoms with Gasteiger partial charge in [-0.1, -0.05) is 70.5 Å². The van der Waals surface area contributed by atoms with Gasteiger partial charge in [0.1, 0.15) is 0 Å². The van der Waals surface area contributed by atoms with Crippen LogP contribution in [0, 0.1) is 0 Å². The molecule has 0 aliphatic rings. The molecule has 0 radical (unpaired) electrons. The third-order valence-corrected chi connectivity index (χ3v) is 4.43. The van der Waals surface area contributed by atoms with Gasteiger partial charge in [-0.25, -0.2) is 4.79 Å². The Morgan fingerprint density at radius 2 is 1.79 bits per heavy atom. The standard InChI is InChI=1S/C21H17BrO2/c1-2-24-21(23)19-12-11-17(20(22)14-19)10-8-15-7-9-16-5-3-4-6-18(16)13-15/h3-14H,2H2,1H3/b10-8+. The minimum Gasteiger partial charge on any atom is -0.462 e. The highest BCUT2D eigenvalue weighted by Gasteiger charge is 2.08. The van der Waals surface area contributed by atoms with E-state index in [4.69, 9.17) is 4.74 Å². The van der Waals surface area contributed by atoms with Gasteiger partial charge in [-0.05, 0) is 47.0 Å². The van der Waals surface area contributed by atoms with Gasteiger partial charge in [-0.2, -0.15) is 0 Å². The lowest BCUT2D eigenvalue weighted by Crippen LogP contribution is -2.04. The van der Waals surface area contributed by atoms with Crippen LogP contribution in [0.15, 0.2) is 65.1 Å². The average molecular weight is 381 g/mol. The third-order valence-electron chi connectivity index (χ3n) is 3.74. The number of ether oxygens (including phenoxy) is 1. The summed E-state index contributed by atoms with van der Waals surface area (Å²) in [7, 11) is 0. The van der Waals surface area contributed by atoms with Crippen molar-refractivity contribution in [1.82, 2.24) is 0 Å². The van der Waals surface area contributed by atoms with Gasteiger partial charge in [0, 0.05) is 4.47 Å². The van der Waals surface area contributed by atoms with Gasteiger partial charge < -0.3 is 4.74 Å². The van der Waals surface area contributed by atoms with E-state index in [1.54, 1.807) is 19.1 Å². The van der Waals surface area contributed by atoms with Crippen LogP contribution in [0.4, 0.5) is 0 Å². The van der Waals surface area contributed by atoms with Crippen molar-refractivity contribution < 1.29 is 9.53 Å². The fraction of sp³-hybridized carbons (Fsp3) is 0.0952. The molecule has 0 saturated carbocycles. The van der Waals surface area contributed by atoms with Crippen LogP contribution in [-0.2, 0) is 4.74 Å². The number of fused-ring (bicyclic) bond motifs is 1. The Bertz CT molecular complexity index is 913. The van der Waals surface area contributed by atoms with Gasteiger partial charge in [-0.15, -0.1) is 0 Å². The van der Waals surface area contributed by atoms with Gasteiger partial charge in [0.25, 0.3) is 0 Å². The summed E-state index contributed by atoms with van der Waals surface area (Å²) >= 11 is 3.52. The summed E-state index contributed by atoms with van der Waals surface area (Å²) in [5, 5.41) is 2.45. The normalized spacial score (nSPS) is 11.1. The highest BCUT2D eigenvalue weighted by atomic mass is 79.9. The molecule has 120 valence electrons. The van der Waals surface area contributed by atoms with Crippen molar-refractivity contribution in [2.24, 2.45) is 0 Å². The van der Waals surface area contributed by atoms with Crippen LogP contribution in [0.25, 0.3) is 22.9 Å². The highest BCUT2D eigenvalue weighted by molar-refractivity contribution is 9.10. The van der Waals surface area contributed by atoms with Crippen LogP contribution < -0.4 is 0 Å². The molecule has 3 aromatic carbocycles. The largest absolute Gasteiger partial charge is 0.462 e. The minimum absolute atomic E-state index is 0.303. The molecule has 24 heavy (non-hydrogen) atoms. The highest BCUT2D eigenvalue weighted by Crippen LogP contribution is 2.23. The molecule has 0 aromatic heterocycles. The number of hydrogen-bond donors (Lipinski definition) is 0. The first-order chi connectivity index (χ1) is 11.7. The molecule has 0 amide bonds. The second kappa shape index (κ2) is 7.45. The number of carbonyl (C=O) groups is 1. The Hall–Kier alpha value is -2.39. The maximum Gasteiger partial charge on any atom is 0.338 e. The number of halogens is 1. The summed E-state index contributed by atoms with van der Waals surface area (Å²) in [5.74, 6) is -0.303. The van der Waals surface area contributed by atoms with Crippen LogP contribution in [0.1, 0.15) is 28.4 Å². The first kappa shape index (κ1) is 16.5. The van der Waals surface area contributed by atoms with Crippen LogP contribution in [0.5, 0.6) is 0 Å². The SMILES string of the molecule is CCOC(=O)c1ccc(/C=C/c2ccc3ccccc3c2)c(Br)c1. The topological polar surface area (TPSA) is 26.3 Å². The van der Waals surface area contributed by atoms with Crippen molar-refractivity contribution in [3.05, 3.63) is 81.8 Å². The van der Waals surface area contributed by atoms with E-state index >= 15 is 0 Å². The molecule has 3 aromatic rings. The van der Waals surface area contributed by atoms with E-state index < -0.39 is 0 Å². The van der Waals surface area contributed by atoms with Crippen molar-refractivity contribution in [1.29, 1.82) is 0 Å². The molecule has 0 aliphatic heterocycles. The number of esters is 1. The van der Waals surface area contributed by atoms with Crippen molar-refractivity contribution in [2.75, 3.05) is 6.61 Å². The van der Waals surface area contributed by atoms with Crippen LogP contribution in [0.3, 0.4) is 0 Å². The zero-order valence-electron chi connectivity index (χ0n) is 13.3. The van der Waals surface area contributed by atoms with Gasteiger partial charge in [0.15, 0.2) is 0 Å². The minimum atomic E-state index is -0.303. The van der Waals surface area contributed by atoms with E-state index in [9.17, 15) is 4.79 Å². The summed E-state index contributed by atoms with van der Waals surface area (Å²) < 4.78 is 5.88. The molecule has 0 fully saturated rings. The number of benzene rings is 3. The molecule has 0 saturated heterocycles. The molecule has 3 heteroatoms. The second-order valence-corrected chi connectivity index (χ2v) is 6.25. The molecular weight excluding hydrogens is 364 g/mol. The van der Waals surface area contributed by atoms with Crippen LogP contribution in [0.2, 0.25) is 0 Å². The van der Waals surface area contributed by atoms with E-state index in [-0.39, 0.29) is 5.97 Å². The fourth-order valence-electron chi connectivity index (χ4n) is 2.50. The first-order valence-electron chi connectivity index (χ1n) is 7.81. The molecule has 0 atom stereocenters. The molecule has 0 N–H and O–H groups in total. The number of rotatable bonds is 4. The van der Waals surface area contributed by atoms with E-state index in [1.165, 1.54) is 10.8 Å². The molecule has 0 bridgehead atoms. The number of hydrogen-bond acceptors (Lipinski definition) is 2. The maximum absolute atomic E-state index is 11.8. The maximum atomic E-state index is 11.8. The van der Waals surface area contributed by atoms with Crippen molar-refractivity contribution in [2.45, 2.75) is 6.92 Å². The van der Waals surface area contributed by atoms with Crippen LogP contribution in [-0.4, -0.2) is 12.6 Å². The number of carbonyl (C=O) groups excluding carboxylic acids is 1. The molecule has 0 aliphatic carbocycles. The van der Waals surface area contributed by atoms with E-state index in [2.05, 4.69) is 52.3 Å². The quantitative estimate of drug-likeness (QED) is 0.412. The monoisotopic (exact) mass is 380 g/mol. The van der Waals surface area contributed by atoms with E-state index in [0.717, 1.165) is 15.6 Å². The predicted octanol–water partition coefficient (Wildman–Crippen LogP) is 5.95. The summed E-state index contributed by atoms with van der Waals surface area (Å²) in [6.45, 7) is 2.17. The third kappa shape index (κ3) is 3.74. The summed E-state index contributed by atoms with van der Waals surface area (Å²) in [4.78, 5) is 11.8. The second-order valence-electron chi connectivity index (χ2n) is 5.40. The van der Waals surface area contributed by atoms with E-state index in [0.29, 0.717) is 12.2 Å². The first-order valence-corrected chi connectivity index (χ1v) is 8.60. The molecule has 2 nitrogen and oxygen atoms in total. The summed E-state index contributed by atoms with van der Waals surface area (Å²) in [6.07, 6.45) is 4.10. The lowest BCUT2D eigenvalue weighted by Gasteiger charge is -2.04. The van der Waals surface area contributed by atoms with Crippen molar-refractivity contribution in [3.63, 3.8) is 0 Å². The van der Waals surface area contributed by atoms with Gasteiger partial charge >= 0.3 is 5.97 Å². The molecular formula is C21H17BrO2. The van der Waals surface area contributed by atoms with Gasteiger partial charge in [0.2, 0.25) is 0 Å². The lowest BCUT2D eigenvalue weighted by atomic mass is 10.1. The van der Waals surface area contributed by atoms with Crippen molar-refractivity contribution in [3.8, 4) is 0 Å². The molecule has 3 rings (SSSR count). The summed E-state index contributed by atoms with van der Waals surface area (Å²) in [5.41, 5.74) is 2.69. The zero-order valence-corrected chi connectivity index (χ0v) is 14.9. The Balaban J connectivity index is 1.84. The fourth-order valence-corrected chi connectivity index (χ4v) is 3.01. The Morgan fingerprint density at radius 1 is 1.00 bits per heavy atom. The Morgan fingerprint density at radius 3 is 2.54 bits per heavy atom. The molecule has 0 heterocycles. The van der Waals surface area contributed by atoms with Crippen LogP contribution >= 0.6 is 15.9 Å². The molecule has 0 unspecified atom stereocenters. The van der Waals surface area contributed by atoms with Gasteiger partial charge in [-0.3, -0.25) is 0 Å². The predicted molar refractivity (Wildman–Crippen MR) is 103 cm³/mol. The average Bonchev–Trinajstić information content (AvgIpc) is 2.60. The van der Waals surface area contributed by atoms with E-state index in [1.807, 2.05) is 24.3 Å². The zero-order chi connectivity index (χ0) is 16.9. The lowest BCUT2D eigenvalue weighted by molar-refractivity contribution is 0.0526. The van der Waals surface area contributed by atoms with Gasteiger partial charge in [0.05, 0.1) is 12.2 Å².